The van der Waals surface area contributed by atoms with E-state index in [-0.39, 0.29) is 11.4 Å². The molecule has 1 heterocycles. The molecule has 33 heavy (non-hydrogen) atoms. The van der Waals surface area contributed by atoms with Gasteiger partial charge in [-0.25, -0.2) is 13.6 Å². The predicted molar refractivity (Wildman–Crippen MR) is 122 cm³/mol. The molecule has 0 spiro atoms. The largest absolute Gasteiger partial charge is 0.456 e. The van der Waals surface area contributed by atoms with Crippen LogP contribution in [0.3, 0.4) is 0 Å². The molecule has 0 unspecified atom stereocenters. The highest BCUT2D eigenvalue weighted by atomic mass is 19.1. The van der Waals surface area contributed by atoms with Gasteiger partial charge in [-0.3, -0.25) is 9.29 Å². The van der Waals surface area contributed by atoms with Crippen LogP contribution in [0.4, 0.5) is 13.2 Å². The average Bonchev–Trinajstić information content (AvgIpc) is 3.59. The van der Waals surface area contributed by atoms with Gasteiger partial charge in [-0.05, 0) is 106 Å². The second kappa shape index (κ2) is 9.13. The summed E-state index contributed by atoms with van der Waals surface area (Å²) < 4.78 is 47.8. The van der Waals surface area contributed by atoms with Gasteiger partial charge in [0.1, 0.15) is 17.2 Å². The Morgan fingerprint density at radius 2 is 1.73 bits per heavy atom. The van der Waals surface area contributed by atoms with Crippen molar-refractivity contribution in [3.8, 4) is 0 Å². The zero-order chi connectivity index (χ0) is 23.8. The first-order valence-electron chi connectivity index (χ1n) is 11.7. The van der Waals surface area contributed by atoms with Gasteiger partial charge in [-0.1, -0.05) is 12.1 Å². The van der Waals surface area contributed by atoms with Gasteiger partial charge in [-0.15, -0.1) is 0 Å². The molecule has 0 bridgehead atoms. The Morgan fingerprint density at radius 1 is 1.09 bits per heavy atom. The highest BCUT2D eigenvalue weighted by Gasteiger charge is 2.37. The molecule has 4 rings (SSSR count). The molecule has 0 atom stereocenters. The van der Waals surface area contributed by atoms with Crippen LogP contribution in [0.1, 0.15) is 79.4 Å². The number of ether oxygens (including phenoxy) is 1. The fraction of sp³-hybridized carbons (Fsp3) is 0.519. The maximum absolute atomic E-state index is 14.9. The third-order valence-corrected chi connectivity index (χ3v) is 6.78. The number of hydrogen-bond acceptors (Lipinski definition) is 3. The second-order valence-corrected chi connectivity index (χ2v) is 10.5. The average molecular weight is 460 g/mol. The van der Waals surface area contributed by atoms with E-state index in [0.717, 1.165) is 29.5 Å². The van der Waals surface area contributed by atoms with Crippen molar-refractivity contribution in [3.05, 3.63) is 70.3 Å². The monoisotopic (exact) mass is 459 g/mol. The molecule has 1 saturated carbocycles. The summed E-state index contributed by atoms with van der Waals surface area (Å²) >= 11 is 0. The molecule has 3 nitrogen and oxygen atoms in total. The molecule has 0 amide bonds. The van der Waals surface area contributed by atoms with Crippen LogP contribution in [0.15, 0.2) is 36.4 Å². The zero-order valence-corrected chi connectivity index (χ0v) is 19.6. The number of likely N-dealkylation sites (tertiary alicyclic amines) is 1. The number of piperidine rings is 1. The molecule has 178 valence electrons. The smallest absolute Gasteiger partial charge is 0.341 e. The SMILES string of the molecule is CC(C)(C)OC(=O)c1cc(C2CC2)c(CN2CCC(CF)(c3ccc(F)cc3)CC2)cc1F. The maximum atomic E-state index is 14.9. The lowest BCUT2D eigenvalue weighted by molar-refractivity contribution is 0.00645. The van der Waals surface area contributed by atoms with Crippen molar-refractivity contribution >= 4 is 5.97 Å². The molecule has 2 aliphatic rings. The summed E-state index contributed by atoms with van der Waals surface area (Å²) in [4.78, 5) is 14.7. The molecular weight excluding hydrogens is 427 g/mol. The summed E-state index contributed by atoms with van der Waals surface area (Å²) in [6, 6.07) is 9.28. The van der Waals surface area contributed by atoms with Crippen LogP contribution in [0.5, 0.6) is 0 Å². The maximum Gasteiger partial charge on any atom is 0.341 e. The molecule has 2 aromatic carbocycles. The molecule has 2 fully saturated rings. The molecule has 0 N–H and O–H groups in total. The van der Waals surface area contributed by atoms with E-state index in [0.29, 0.717) is 38.4 Å². The van der Waals surface area contributed by atoms with Gasteiger partial charge in [0.05, 0.1) is 12.2 Å². The van der Waals surface area contributed by atoms with Crippen LogP contribution in [0.25, 0.3) is 0 Å². The third-order valence-electron chi connectivity index (χ3n) is 6.78. The third kappa shape index (κ3) is 5.43. The van der Waals surface area contributed by atoms with E-state index in [1.54, 1.807) is 39.0 Å². The van der Waals surface area contributed by atoms with E-state index in [1.807, 2.05) is 0 Å². The number of halogens is 3. The number of alkyl halides is 1. The van der Waals surface area contributed by atoms with Crippen LogP contribution < -0.4 is 0 Å². The van der Waals surface area contributed by atoms with Crippen molar-refractivity contribution in [1.29, 1.82) is 0 Å². The quantitative estimate of drug-likeness (QED) is 0.475. The van der Waals surface area contributed by atoms with E-state index in [4.69, 9.17) is 4.74 Å². The minimum Gasteiger partial charge on any atom is -0.456 e. The highest BCUT2D eigenvalue weighted by molar-refractivity contribution is 5.90. The summed E-state index contributed by atoms with van der Waals surface area (Å²) in [7, 11) is 0. The molecule has 1 aliphatic heterocycles. The van der Waals surface area contributed by atoms with E-state index in [9.17, 15) is 18.0 Å². The molecular formula is C27H32F3NO2. The lowest BCUT2D eigenvalue weighted by atomic mass is 9.74. The summed E-state index contributed by atoms with van der Waals surface area (Å²) in [5.41, 5.74) is 1.42. The van der Waals surface area contributed by atoms with Crippen LogP contribution in [0.2, 0.25) is 0 Å². The van der Waals surface area contributed by atoms with Crippen molar-refractivity contribution in [2.24, 2.45) is 0 Å². The predicted octanol–water partition coefficient (Wildman–Crippen LogP) is 6.30. The topological polar surface area (TPSA) is 29.5 Å². The lowest BCUT2D eigenvalue weighted by Gasteiger charge is -2.40. The van der Waals surface area contributed by atoms with Crippen molar-refractivity contribution in [3.63, 3.8) is 0 Å². The number of carbonyl (C=O) groups excluding carboxylic acids is 1. The zero-order valence-electron chi connectivity index (χ0n) is 19.6. The Labute approximate surface area is 193 Å². The summed E-state index contributed by atoms with van der Waals surface area (Å²) in [6.07, 6.45) is 3.29. The minimum atomic E-state index is -0.691. The van der Waals surface area contributed by atoms with Crippen molar-refractivity contribution in [2.75, 3.05) is 19.8 Å². The van der Waals surface area contributed by atoms with Gasteiger partial charge >= 0.3 is 5.97 Å². The number of benzene rings is 2. The van der Waals surface area contributed by atoms with E-state index >= 15 is 0 Å². The van der Waals surface area contributed by atoms with Crippen LogP contribution >= 0.6 is 0 Å². The van der Waals surface area contributed by atoms with Crippen LogP contribution in [-0.2, 0) is 16.7 Å². The molecule has 2 aromatic rings. The lowest BCUT2D eigenvalue weighted by Crippen LogP contribution is -2.43. The number of rotatable bonds is 6. The van der Waals surface area contributed by atoms with Gasteiger partial charge in [0, 0.05) is 12.0 Å². The number of nitrogens with zero attached hydrogens (tertiary/aromatic N) is 1. The number of hydrogen-bond donors (Lipinski definition) is 0. The van der Waals surface area contributed by atoms with Crippen LogP contribution in [-0.4, -0.2) is 36.2 Å². The summed E-state index contributed by atoms with van der Waals surface area (Å²) in [6.45, 7) is 6.69. The number of esters is 1. The van der Waals surface area contributed by atoms with Gasteiger partial charge in [0.15, 0.2) is 0 Å². The van der Waals surface area contributed by atoms with E-state index in [1.165, 1.54) is 18.2 Å². The van der Waals surface area contributed by atoms with Gasteiger partial charge in [0.2, 0.25) is 0 Å². The fourth-order valence-electron chi connectivity index (χ4n) is 4.71. The summed E-state index contributed by atoms with van der Waals surface area (Å²) in [5, 5.41) is 0. The van der Waals surface area contributed by atoms with E-state index in [2.05, 4.69) is 4.90 Å². The minimum absolute atomic E-state index is 0.0121. The van der Waals surface area contributed by atoms with Crippen LogP contribution in [0, 0.1) is 11.6 Å². The molecule has 1 saturated heterocycles. The van der Waals surface area contributed by atoms with E-state index < -0.39 is 29.5 Å². The fourth-order valence-corrected chi connectivity index (χ4v) is 4.71. The van der Waals surface area contributed by atoms with Crippen molar-refractivity contribution in [1.82, 2.24) is 4.90 Å². The molecule has 1 aliphatic carbocycles. The van der Waals surface area contributed by atoms with Gasteiger partial charge in [-0.2, -0.15) is 0 Å². The molecule has 6 heteroatoms. The Balaban J connectivity index is 1.50. The van der Waals surface area contributed by atoms with Gasteiger partial charge in [0.25, 0.3) is 0 Å². The molecule has 0 aromatic heterocycles. The number of carbonyl (C=O) groups is 1. The first kappa shape index (κ1) is 23.8. The Hall–Kier alpha value is -2.34. The van der Waals surface area contributed by atoms with Crippen molar-refractivity contribution in [2.45, 2.75) is 69.9 Å². The Kier molecular flexibility index (Phi) is 6.59. The standard InChI is InChI=1S/C27H32F3NO2/c1-26(2,3)33-25(32)23-15-22(18-4-5-18)19(14-24(23)30)16-31-12-10-27(17-28,11-13-31)20-6-8-21(29)9-7-20/h6-9,14-15,18H,4-5,10-13,16-17H2,1-3H3. The second-order valence-electron chi connectivity index (χ2n) is 10.5. The first-order valence-corrected chi connectivity index (χ1v) is 11.7. The normalized spacial score (nSPS) is 18.8. The molecule has 0 radical (unpaired) electrons. The first-order chi connectivity index (χ1) is 15.6. The Bertz CT molecular complexity index is 1000. The van der Waals surface area contributed by atoms with Gasteiger partial charge < -0.3 is 4.74 Å². The summed E-state index contributed by atoms with van der Waals surface area (Å²) in [5.74, 6) is -1.19. The highest BCUT2D eigenvalue weighted by Crippen LogP contribution is 2.43. The van der Waals surface area contributed by atoms with Crippen molar-refractivity contribution < 1.29 is 22.7 Å². The Morgan fingerprint density at radius 3 is 2.27 bits per heavy atom.